The molecule has 2 atom stereocenters. The standard InChI is InChI=1S/C27H36BrN7O2/c1-34-14-12-20(13-15-34)35(2)26(37)17-6-8-19(9-7-17)31-27-29-16-22(28)24(33-27)32-23-5-3-4-21(23)25(36)30-18-10-11-18/h6-9,16,18,20-21,23H,3-5,10-15H2,1-2H3,(H,30,36)(H2,29,31,32,33)/t21-,23+/m0/s1. The normalized spacial score (nSPS) is 22.5. The van der Waals surface area contributed by atoms with Gasteiger partial charge in [0.2, 0.25) is 11.9 Å². The summed E-state index contributed by atoms with van der Waals surface area (Å²) in [4.78, 5) is 38.9. The predicted octanol–water partition coefficient (Wildman–Crippen LogP) is 4.01. The molecule has 3 N–H and O–H groups in total. The topological polar surface area (TPSA) is 102 Å². The maximum absolute atomic E-state index is 13.0. The molecule has 5 rings (SSSR count). The molecule has 2 heterocycles. The van der Waals surface area contributed by atoms with Crippen molar-refractivity contribution in [1.82, 2.24) is 25.1 Å². The van der Waals surface area contributed by atoms with Crippen LogP contribution in [0.3, 0.4) is 0 Å². The lowest BCUT2D eigenvalue weighted by Crippen LogP contribution is -2.44. The Kier molecular flexibility index (Phi) is 7.95. The Labute approximate surface area is 226 Å². The maximum atomic E-state index is 13.0. The van der Waals surface area contributed by atoms with Gasteiger partial charge in [0, 0.05) is 42.6 Å². The van der Waals surface area contributed by atoms with Crippen molar-refractivity contribution in [2.75, 3.05) is 37.8 Å². The number of hydrogen-bond donors (Lipinski definition) is 3. The second kappa shape index (κ2) is 11.3. The van der Waals surface area contributed by atoms with E-state index in [9.17, 15) is 9.59 Å². The second-order valence-electron chi connectivity index (χ2n) is 10.6. The molecule has 37 heavy (non-hydrogen) atoms. The Morgan fingerprint density at radius 3 is 2.49 bits per heavy atom. The van der Waals surface area contributed by atoms with Gasteiger partial charge in [0.15, 0.2) is 0 Å². The highest BCUT2D eigenvalue weighted by atomic mass is 79.9. The fourth-order valence-corrected chi connectivity index (χ4v) is 5.57. The van der Waals surface area contributed by atoms with Gasteiger partial charge in [0.25, 0.3) is 5.91 Å². The van der Waals surface area contributed by atoms with Crippen molar-refractivity contribution in [2.24, 2.45) is 5.92 Å². The highest BCUT2D eigenvalue weighted by Gasteiger charge is 2.36. The SMILES string of the molecule is CN1CCC(N(C)C(=O)c2ccc(Nc3ncc(Br)c(N[C@@H]4CCC[C@@H]4C(=O)NC4CC4)n3)cc2)CC1. The van der Waals surface area contributed by atoms with Gasteiger partial charge in [-0.15, -0.1) is 0 Å². The van der Waals surface area contributed by atoms with Crippen LogP contribution in [0.1, 0.15) is 55.3 Å². The van der Waals surface area contributed by atoms with Gasteiger partial charge in [-0.2, -0.15) is 4.98 Å². The van der Waals surface area contributed by atoms with Crippen molar-refractivity contribution in [3.8, 4) is 0 Å². The number of carbonyl (C=O) groups is 2. The number of nitrogens with zero attached hydrogens (tertiary/aromatic N) is 4. The highest BCUT2D eigenvalue weighted by molar-refractivity contribution is 9.10. The number of piperidine rings is 1. The first kappa shape index (κ1) is 25.9. The minimum absolute atomic E-state index is 0.0448. The van der Waals surface area contributed by atoms with Crippen LogP contribution in [-0.2, 0) is 4.79 Å². The molecule has 1 aliphatic heterocycles. The lowest BCUT2D eigenvalue weighted by Gasteiger charge is -2.35. The summed E-state index contributed by atoms with van der Waals surface area (Å²) in [7, 11) is 4.02. The van der Waals surface area contributed by atoms with Crippen molar-refractivity contribution in [1.29, 1.82) is 0 Å². The number of aromatic nitrogens is 2. The summed E-state index contributed by atoms with van der Waals surface area (Å²) in [5.74, 6) is 1.27. The molecule has 3 aliphatic rings. The number of hydrogen-bond acceptors (Lipinski definition) is 7. The Balaban J connectivity index is 1.20. The predicted molar refractivity (Wildman–Crippen MR) is 148 cm³/mol. The number of halogens is 1. The Morgan fingerprint density at radius 1 is 1.05 bits per heavy atom. The Hall–Kier alpha value is -2.72. The first-order valence-electron chi connectivity index (χ1n) is 13.3. The van der Waals surface area contributed by atoms with E-state index >= 15 is 0 Å². The van der Waals surface area contributed by atoms with Gasteiger partial charge in [0.05, 0.1) is 10.4 Å². The van der Waals surface area contributed by atoms with Gasteiger partial charge in [-0.3, -0.25) is 9.59 Å². The van der Waals surface area contributed by atoms with Crippen molar-refractivity contribution < 1.29 is 9.59 Å². The molecule has 1 aromatic carbocycles. The number of carbonyl (C=O) groups excluding carboxylic acids is 2. The van der Waals surface area contributed by atoms with Crippen molar-refractivity contribution in [2.45, 2.75) is 63.1 Å². The van der Waals surface area contributed by atoms with Gasteiger partial charge >= 0.3 is 0 Å². The molecule has 0 spiro atoms. The molecule has 3 fully saturated rings. The van der Waals surface area contributed by atoms with Crippen LogP contribution in [0.15, 0.2) is 34.9 Å². The Morgan fingerprint density at radius 2 is 1.78 bits per heavy atom. The molecular weight excluding hydrogens is 534 g/mol. The van der Waals surface area contributed by atoms with Crippen LogP contribution in [0.5, 0.6) is 0 Å². The number of amides is 2. The molecule has 0 radical (unpaired) electrons. The second-order valence-corrected chi connectivity index (χ2v) is 11.5. The van der Waals surface area contributed by atoms with E-state index in [-0.39, 0.29) is 29.8 Å². The van der Waals surface area contributed by atoms with Crippen LogP contribution in [0.2, 0.25) is 0 Å². The minimum atomic E-state index is -0.0448. The number of likely N-dealkylation sites (tertiary alicyclic amines) is 1. The zero-order valence-electron chi connectivity index (χ0n) is 21.5. The molecule has 2 aliphatic carbocycles. The first-order chi connectivity index (χ1) is 17.9. The van der Waals surface area contributed by atoms with Crippen LogP contribution in [0.4, 0.5) is 17.5 Å². The van der Waals surface area contributed by atoms with Crippen molar-refractivity contribution in [3.05, 3.63) is 40.5 Å². The summed E-state index contributed by atoms with van der Waals surface area (Å²) >= 11 is 3.54. The molecule has 0 bridgehead atoms. The van der Waals surface area contributed by atoms with E-state index in [1.54, 1.807) is 6.20 Å². The van der Waals surface area contributed by atoms with E-state index in [0.29, 0.717) is 23.4 Å². The summed E-state index contributed by atoms with van der Waals surface area (Å²) in [6.45, 7) is 2.04. The number of benzene rings is 1. The third-order valence-electron chi connectivity index (χ3n) is 7.79. The van der Waals surface area contributed by atoms with Gasteiger partial charge in [0.1, 0.15) is 5.82 Å². The smallest absolute Gasteiger partial charge is 0.253 e. The summed E-state index contributed by atoms with van der Waals surface area (Å²) in [6, 6.07) is 8.14. The number of rotatable bonds is 8. The van der Waals surface area contributed by atoms with E-state index < -0.39 is 0 Å². The number of nitrogens with one attached hydrogen (secondary N) is 3. The lowest BCUT2D eigenvalue weighted by molar-refractivity contribution is -0.125. The van der Waals surface area contributed by atoms with E-state index in [1.807, 2.05) is 36.2 Å². The zero-order chi connectivity index (χ0) is 25.9. The zero-order valence-corrected chi connectivity index (χ0v) is 23.1. The van der Waals surface area contributed by atoms with E-state index in [1.165, 1.54) is 0 Å². The molecule has 2 saturated carbocycles. The maximum Gasteiger partial charge on any atom is 0.253 e. The van der Waals surface area contributed by atoms with Gasteiger partial charge in [-0.25, -0.2) is 4.98 Å². The van der Waals surface area contributed by atoms with Crippen molar-refractivity contribution >= 4 is 45.2 Å². The van der Waals surface area contributed by atoms with Crippen LogP contribution in [0, 0.1) is 5.92 Å². The largest absolute Gasteiger partial charge is 0.365 e. The van der Waals surface area contributed by atoms with Crippen molar-refractivity contribution in [3.63, 3.8) is 0 Å². The molecule has 2 amide bonds. The third kappa shape index (κ3) is 6.41. The third-order valence-corrected chi connectivity index (χ3v) is 8.37. The fourth-order valence-electron chi connectivity index (χ4n) is 5.26. The summed E-state index contributed by atoms with van der Waals surface area (Å²) in [5, 5.41) is 9.86. The van der Waals surface area contributed by atoms with Crippen LogP contribution in [-0.4, -0.2) is 76.9 Å². The highest BCUT2D eigenvalue weighted by Crippen LogP contribution is 2.32. The van der Waals surface area contributed by atoms with Gasteiger partial charge in [-0.05, 0) is 98.9 Å². The van der Waals surface area contributed by atoms with E-state index in [2.05, 4.69) is 53.8 Å². The minimum Gasteiger partial charge on any atom is -0.365 e. The molecule has 198 valence electrons. The van der Waals surface area contributed by atoms with Crippen LogP contribution in [0.25, 0.3) is 0 Å². The molecular formula is C27H36BrN7O2. The Bertz CT molecular complexity index is 1120. The van der Waals surface area contributed by atoms with Crippen LogP contribution >= 0.6 is 15.9 Å². The molecule has 1 aromatic heterocycles. The quantitative estimate of drug-likeness (QED) is 0.441. The summed E-state index contributed by atoms with van der Waals surface area (Å²) in [5.41, 5.74) is 1.47. The van der Waals surface area contributed by atoms with E-state index in [0.717, 1.165) is 68.2 Å². The lowest BCUT2D eigenvalue weighted by atomic mass is 10.0. The summed E-state index contributed by atoms with van der Waals surface area (Å²) < 4.78 is 0.754. The average molecular weight is 571 g/mol. The molecule has 10 heteroatoms. The summed E-state index contributed by atoms with van der Waals surface area (Å²) in [6.07, 6.45) is 8.74. The first-order valence-corrected chi connectivity index (χ1v) is 14.1. The molecule has 1 saturated heterocycles. The fraction of sp³-hybridized carbons (Fsp3) is 0.556. The van der Waals surface area contributed by atoms with Gasteiger partial charge < -0.3 is 25.8 Å². The van der Waals surface area contributed by atoms with Gasteiger partial charge in [-0.1, -0.05) is 6.42 Å². The molecule has 2 aromatic rings. The monoisotopic (exact) mass is 569 g/mol. The molecule has 0 unspecified atom stereocenters. The van der Waals surface area contributed by atoms with E-state index in [4.69, 9.17) is 0 Å². The average Bonchev–Trinajstić information content (AvgIpc) is 3.59. The van der Waals surface area contributed by atoms with Crippen LogP contribution < -0.4 is 16.0 Å². The molecule has 9 nitrogen and oxygen atoms in total. The number of anilines is 3.